The first-order valence-electron chi connectivity index (χ1n) is 6.04. The van der Waals surface area contributed by atoms with Crippen molar-refractivity contribution in [1.29, 1.82) is 0 Å². The van der Waals surface area contributed by atoms with E-state index in [2.05, 4.69) is 25.1 Å². The van der Waals surface area contributed by atoms with Crippen molar-refractivity contribution in [2.45, 2.75) is 33.1 Å². The fraction of sp³-hybridized carbons (Fsp3) is 0.400. The molecule has 0 aliphatic carbocycles. The summed E-state index contributed by atoms with van der Waals surface area (Å²) in [6, 6.07) is 10.1. The number of rotatable bonds is 5. The first kappa shape index (κ1) is 13.5. The van der Waals surface area contributed by atoms with E-state index in [1.807, 2.05) is 25.1 Å². The van der Waals surface area contributed by atoms with E-state index in [1.54, 1.807) is 6.92 Å². The maximum Gasteiger partial charge on any atom is 0.310 e. The van der Waals surface area contributed by atoms with Crippen LogP contribution in [0.4, 0.5) is 0 Å². The molecule has 0 bridgehead atoms. The third-order valence-corrected chi connectivity index (χ3v) is 3.12. The van der Waals surface area contributed by atoms with Gasteiger partial charge >= 0.3 is 5.97 Å². The standard InChI is InChI=1S/C15H20O2/c1-4-13(12(3)15(16)17)10-11(2)14-8-6-5-7-9-14/h5-12H,4H2,1-3H3,(H,16,17). The summed E-state index contributed by atoms with van der Waals surface area (Å²) in [4.78, 5) is 11.0. The second-order valence-electron chi connectivity index (χ2n) is 4.35. The van der Waals surface area contributed by atoms with Crippen LogP contribution in [0.25, 0.3) is 0 Å². The normalized spacial score (nSPS) is 15.4. The summed E-state index contributed by atoms with van der Waals surface area (Å²) >= 11 is 0. The Hall–Kier alpha value is -1.57. The molecule has 0 aromatic heterocycles. The Morgan fingerprint density at radius 2 is 1.88 bits per heavy atom. The fourth-order valence-corrected chi connectivity index (χ4v) is 1.90. The Labute approximate surface area is 103 Å². The van der Waals surface area contributed by atoms with Crippen LogP contribution in [0.1, 0.15) is 38.7 Å². The third kappa shape index (κ3) is 3.74. The monoisotopic (exact) mass is 232 g/mol. The van der Waals surface area contributed by atoms with Crippen molar-refractivity contribution in [3.05, 3.63) is 47.5 Å². The van der Waals surface area contributed by atoms with E-state index in [-0.39, 0.29) is 5.92 Å². The molecule has 0 aliphatic heterocycles. The van der Waals surface area contributed by atoms with Gasteiger partial charge in [-0.2, -0.15) is 0 Å². The summed E-state index contributed by atoms with van der Waals surface area (Å²) in [5.41, 5.74) is 2.21. The zero-order valence-electron chi connectivity index (χ0n) is 10.7. The van der Waals surface area contributed by atoms with Crippen molar-refractivity contribution in [3.63, 3.8) is 0 Å². The van der Waals surface area contributed by atoms with E-state index in [0.29, 0.717) is 0 Å². The molecule has 0 spiro atoms. The summed E-state index contributed by atoms with van der Waals surface area (Å²) in [7, 11) is 0. The Balaban J connectivity index is 2.89. The molecule has 0 amide bonds. The van der Waals surface area contributed by atoms with Gasteiger partial charge in [0.15, 0.2) is 0 Å². The van der Waals surface area contributed by atoms with Gasteiger partial charge in [0.1, 0.15) is 0 Å². The minimum Gasteiger partial charge on any atom is -0.481 e. The van der Waals surface area contributed by atoms with Crippen molar-refractivity contribution in [2.24, 2.45) is 5.92 Å². The lowest BCUT2D eigenvalue weighted by Crippen LogP contribution is -2.12. The Kier molecular flexibility index (Phi) is 4.95. The first-order chi connectivity index (χ1) is 8.06. The molecule has 2 heteroatoms. The van der Waals surface area contributed by atoms with E-state index in [9.17, 15) is 4.79 Å². The van der Waals surface area contributed by atoms with E-state index in [0.717, 1.165) is 12.0 Å². The molecule has 0 fully saturated rings. The van der Waals surface area contributed by atoms with Crippen LogP contribution in [-0.4, -0.2) is 11.1 Å². The molecule has 0 saturated heterocycles. The number of benzene rings is 1. The second kappa shape index (κ2) is 6.24. The molecule has 17 heavy (non-hydrogen) atoms. The molecule has 0 radical (unpaired) electrons. The molecule has 2 nitrogen and oxygen atoms in total. The predicted molar refractivity (Wildman–Crippen MR) is 70.0 cm³/mol. The lowest BCUT2D eigenvalue weighted by molar-refractivity contribution is -0.139. The van der Waals surface area contributed by atoms with Gasteiger partial charge in [0.2, 0.25) is 0 Å². The van der Waals surface area contributed by atoms with Gasteiger partial charge in [0.05, 0.1) is 5.92 Å². The van der Waals surface area contributed by atoms with Crippen LogP contribution in [0.2, 0.25) is 0 Å². The molecule has 1 N–H and O–H groups in total. The second-order valence-corrected chi connectivity index (χ2v) is 4.35. The fourth-order valence-electron chi connectivity index (χ4n) is 1.90. The highest BCUT2D eigenvalue weighted by Crippen LogP contribution is 2.23. The van der Waals surface area contributed by atoms with Crippen molar-refractivity contribution < 1.29 is 9.90 Å². The molecule has 2 unspecified atom stereocenters. The van der Waals surface area contributed by atoms with Gasteiger partial charge in [-0.3, -0.25) is 4.79 Å². The number of aliphatic carboxylic acids is 1. The van der Waals surface area contributed by atoms with Crippen LogP contribution in [-0.2, 0) is 4.79 Å². The summed E-state index contributed by atoms with van der Waals surface area (Å²) < 4.78 is 0. The first-order valence-corrected chi connectivity index (χ1v) is 6.04. The van der Waals surface area contributed by atoms with Crippen molar-refractivity contribution in [1.82, 2.24) is 0 Å². The van der Waals surface area contributed by atoms with Gasteiger partial charge in [-0.05, 0) is 24.8 Å². The molecular weight excluding hydrogens is 212 g/mol. The summed E-state index contributed by atoms with van der Waals surface area (Å²) in [6.07, 6.45) is 2.86. The van der Waals surface area contributed by atoms with Gasteiger partial charge < -0.3 is 5.11 Å². The van der Waals surface area contributed by atoms with Gasteiger partial charge in [-0.25, -0.2) is 0 Å². The topological polar surface area (TPSA) is 37.3 Å². The largest absolute Gasteiger partial charge is 0.481 e. The van der Waals surface area contributed by atoms with Gasteiger partial charge in [-0.1, -0.05) is 55.8 Å². The summed E-state index contributed by atoms with van der Waals surface area (Å²) in [5, 5.41) is 9.03. The molecule has 1 aromatic carbocycles. The highest BCUT2D eigenvalue weighted by atomic mass is 16.4. The molecule has 2 atom stereocenters. The van der Waals surface area contributed by atoms with E-state index < -0.39 is 11.9 Å². The van der Waals surface area contributed by atoms with Crippen molar-refractivity contribution in [3.8, 4) is 0 Å². The SMILES string of the molecule is CCC(=CC(C)c1ccccc1)C(C)C(=O)O. The third-order valence-electron chi connectivity index (χ3n) is 3.12. The molecule has 92 valence electrons. The molecule has 0 saturated carbocycles. The number of carboxylic acid groups (broad SMARTS) is 1. The lowest BCUT2D eigenvalue weighted by Gasteiger charge is -2.14. The summed E-state index contributed by atoms with van der Waals surface area (Å²) in [5.74, 6) is -0.891. The van der Waals surface area contributed by atoms with Crippen LogP contribution < -0.4 is 0 Å². The Morgan fingerprint density at radius 1 is 1.29 bits per heavy atom. The maximum absolute atomic E-state index is 11.0. The highest BCUT2D eigenvalue weighted by molar-refractivity contribution is 5.73. The zero-order chi connectivity index (χ0) is 12.8. The average molecular weight is 232 g/mol. The Bertz CT molecular complexity index is 393. The zero-order valence-corrected chi connectivity index (χ0v) is 10.7. The van der Waals surface area contributed by atoms with E-state index >= 15 is 0 Å². The Morgan fingerprint density at radius 3 is 2.35 bits per heavy atom. The van der Waals surface area contributed by atoms with Crippen LogP contribution in [0.5, 0.6) is 0 Å². The van der Waals surface area contributed by atoms with Crippen molar-refractivity contribution in [2.75, 3.05) is 0 Å². The summed E-state index contributed by atoms with van der Waals surface area (Å²) in [6.45, 7) is 5.85. The van der Waals surface area contributed by atoms with Crippen LogP contribution in [0.15, 0.2) is 42.0 Å². The van der Waals surface area contributed by atoms with Gasteiger partial charge in [0.25, 0.3) is 0 Å². The predicted octanol–water partition coefficient (Wildman–Crippen LogP) is 3.85. The maximum atomic E-state index is 11.0. The number of hydrogen-bond acceptors (Lipinski definition) is 1. The number of allylic oxidation sites excluding steroid dienone is 1. The molecule has 1 aromatic rings. The molecule has 0 heterocycles. The molecular formula is C15H20O2. The van der Waals surface area contributed by atoms with E-state index in [4.69, 9.17) is 5.11 Å². The van der Waals surface area contributed by atoms with Gasteiger partial charge in [-0.15, -0.1) is 0 Å². The number of carboxylic acids is 1. The van der Waals surface area contributed by atoms with Crippen LogP contribution >= 0.6 is 0 Å². The lowest BCUT2D eigenvalue weighted by atomic mass is 9.92. The van der Waals surface area contributed by atoms with Crippen LogP contribution in [0.3, 0.4) is 0 Å². The minimum atomic E-state index is -0.752. The molecule has 0 aliphatic rings. The number of carbonyl (C=O) groups is 1. The van der Waals surface area contributed by atoms with Gasteiger partial charge in [0, 0.05) is 0 Å². The minimum absolute atomic E-state index is 0.257. The van der Waals surface area contributed by atoms with Crippen LogP contribution in [0, 0.1) is 5.92 Å². The van der Waals surface area contributed by atoms with E-state index in [1.165, 1.54) is 5.56 Å². The highest BCUT2D eigenvalue weighted by Gasteiger charge is 2.16. The average Bonchev–Trinajstić information content (AvgIpc) is 2.35. The smallest absolute Gasteiger partial charge is 0.310 e. The van der Waals surface area contributed by atoms with Crippen molar-refractivity contribution >= 4 is 5.97 Å². The quantitative estimate of drug-likeness (QED) is 0.783. The number of hydrogen-bond donors (Lipinski definition) is 1. The molecule has 1 rings (SSSR count).